The summed E-state index contributed by atoms with van der Waals surface area (Å²) in [5.41, 5.74) is 4.97. The van der Waals surface area contributed by atoms with E-state index in [9.17, 15) is 4.79 Å². The number of nitrogens with zero attached hydrogens (tertiary/aromatic N) is 2. The van der Waals surface area contributed by atoms with Crippen molar-refractivity contribution in [3.05, 3.63) is 71.5 Å². The van der Waals surface area contributed by atoms with Crippen molar-refractivity contribution < 1.29 is 9.53 Å². The van der Waals surface area contributed by atoms with Gasteiger partial charge in [0.2, 0.25) is 5.91 Å². The molecule has 0 saturated carbocycles. The van der Waals surface area contributed by atoms with Gasteiger partial charge in [0.1, 0.15) is 5.75 Å². The molecule has 0 spiro atoms. The van der Waals surface area contributed by atoms with Gasteiger partial charge in [0.15, 0.2) is 0 Å². The molecule has 0 fully saturated rings. The molecule has 0 unspecified atom stereocenters. The summed E-state index contributed by atoms with van der Waals surface area (Å²) in [7, 11) is 0. The van der Waals surface area contributed by atoms with Crippen molar-refractivity contribution in [2.75, 3.05) is 11.9 Å². The van der Waals surface area contributed by atoms with Gasteiger partial charge in [-0.2, -0.15) is 5.10 Å². The first-order chi connectivity index (χ1) is 13.1. The van der Waals surface area contributed by atoms with E-state index >= 15 is 0 Å². The van der Waals surface area contributed by atoms with Gasteiger partial charge in [0, 0.05) is 17.8 Å². The van der Waals surface area contributed by atoms with Crippen molar-refractivity contribution in [2.45, 2.75) is 33.6 Å². The van der Waals surface area contributed by atoms with Gasteiger partial charge in [0.25, 0.3) is 0 Å². The van der Waals surface area contributed by atoms with Gasteiger partial charge in [-0.1, -0.05) is 18.2 Å². The van der Waals surface area contributed by atoms with Gasteiger partial charge in [-0.15, -0.1) is 0 Å². The lowest BCUT2D eigenvalue weighted by Gasteiger charge is -2.08. The lowest BCUT2D eigenvalue weighted by molar-refractivity contribution is -0.116. The molecule has 3 rings (SSSR count). The number of amides is 1. The van der Waals surface area contributed by atoms with E-state index in [0.717, 1.165) is 34.1 Å². The highest BCUT2D eigenvalue weighted by atomic mass is 16.5. The molecule has 1 heterocycles. The van der Waals surface area contributed by atoms with E-state index in [1.54, 1.807) is 0 Å². The first kappa shape index (κ1) is 18.7. The molecule has 0 aliphatic rings. The predicted molar refractivity (Wildman–Crippen MR) is 108 cm³/mol. The largest absolute Gasteiger partial charge is 0.494 e. The van der Waals surface area contributed by atoms with Crippen LogP contribution >= 0.6 is 0 Å². The molecule has 0 saturated heterocycles. The van der Waals surface area contributed by atoms with Gasteiger partial charge in [-0.05, 0) is 69.2 Å². The molecule has 5 heteroatoms. The smallest absolute Gasteiger partial charge is 0.224 e. The summed E-state index contributed by atoms with van der Waals surface area (Å²) >= 11 is 0. The van der Waals surface area contributed by atoms with Crippen molar-refractivity contribution in [1.29, 1.82) is 0 Å². The first-order valence-electron chi connectivity index (χ1n) is 9.21. The molecule has 5 nitrogen and oxygen atoms in total. The number of hydrogen-bond acceptors (Lipinski definition) is 3. The van der Waals surface area contributed by atoms with Crippen LogP contribution < -0.4 is 10.1 Å². The van der Waals surface area contributed by atoms with Gasteiger partial charge in [0.05, 0.1) is 18.0 Å². The number of para-hydroxylation sites is 1. The van der Waals surface area contributed by atoms with Crippen LogP contribution in [0.15, 0.2) is 54.6 Å². The Morgan fingerprint density at radius 2 is 1.78 bits per heavy atom. The van der Waals surface area contributed by atoms with E-state index in [4.69, 9.17) is 4.74 Å². The van der Waals surface area contributed by atoms with Gasteiger partial charge in [-0.25, -0.2) is 4.68 Å². The number of ether oxygens (including phenoxy) is 1. The van der Waals surface area contributed by atoms with Crippen LogP contribution in [-0.2, 0) is 11.2 Å². The third kappa shape index (κ3) is 4.56. The SMILES string of the molecule is CCOc1ccc(NC(=O)CCc2c(C)nn(-c3ccccc3)c2C)cc1. The number of aryl methyl sites for hydroxylation is 1. The van der Waals surface area contributed by atoms with E-state index in [1.807, 2.05) is 80.1 Å². The van der Waals surface area contributed by atoms with Crippen molar-refractivity contribution in [3.63, 3.8) is 0 Å². The Bertz CT molecular complexity index is 899. The molecule has 0 bridgehead atoms. The molecule has 0 radical (unpaired) electrons. The molecule has 0 aliphatic heterocycles. The standard InChI is InChI=1S/C22H25N3O2/c1-4-27-20-12-10-18(11-13-20)23-22(26)15-14-21-16(2)24-25(17(21)3)19-8-6-5-7-9-19/h5-13H,4,14-15H2,1-3H3,(H,23,26). The highest BCUT2D eigenvalue weighted by Gasteiger charge is 2.14. The number of nitrogens with one attached hydrogen (secondary N) is 1. The molecule has 1 amide bonds. The van der Waals surface area contributed by atoms with Crippen LogP contribution in [0.2, 0.25) is 0 Å². The van der Waals surface area contributed by atoms with Crippen LogP contribution in [0.3, 0.4) is 0 Å². The van der Waals surface area contributed by atoms with E-state index < -0.39 is 0 Å². The molecule has 2 aromatic carbocycles. The molecule has 140 valence electrons. The normalized spacial score (nSPS) is 10.6. The highest BCUT2D eigenvalue weighted by Crippen LogP contribution is 2.20. The number of aromatic nitrogens is 2. The Kier molecular flexibility index (Phi) is 5.91. The lowest BCUT2D eigenvalue weighted by Crippen LogP contribution is -2.12. The molecule has 1 N–H and O–H groups in total. The zero-order valence-corrected chi connectivity index (χ0v) is 16.0. The maximum absolute atomic E-state index is 12.3. The Morgan fingerprint density at radius 1 is 1.07 bits per heavy atom. The first-order valence-corrected chi connectivity index (χ1v) is 9.21. The predicted octanol–water partition coefficient (Wildman–Crippen LogP) is 4.46. The highest BCUT2D eigenvalue weighted by molar-refractivity contribution is 5.90. The number of anilines is 1. The van der Waals surface area contributed by atoms with Gasteiger partial charge < -0.3 is 10.1 Å². The van der Waals surface area contributed by atoms with Crippen molar-refractivity contribution in [2.24, 2.45) is 0 Å². The monoisotopic (exact) mass is 363 g/mol. The van der Waals surface area contributed by atoms with Crippen molar-refractivity contribution in [1.82, 2.24) is 9.78 Å². The molecule has 3 aromatic rings. The number of carbonyl (C=O) groups is 1. The minimum absolute atomic E-state index is 0.00887. The summed E-state index contributed by atoms with van der Waals surface area (Å²) in [6, 6.07) is 17.5. The molecule has 27 heavy (non-hydrogen) atoms. The second-order valence-corrected chi connectivity index (χ2v) is 6.40. The average molecular weight is 363 g/mol. The Morgan fingerprint density at radius 3 is 2.44 bits per heavy atom. The van der Waals surface area contributed by atoms with Crippen LogP contribution in [0.5, 0.6) is 5.75 Å². The van der Waals surface area contributed by atoms with Crippen LogP contribution in [-0.4, -0.2) is 22.3 Å². The fraction of sp³-hybridized carbons (Fsp3) is 0.273. The molecular weight excluding hydrogens is 338 g/mol. The van der Waals surface area contributed by atoms with Crippen LogP contribution in [0.25, 0.3) is 5.69 Å². The van der Waals surface area contributed by atoms with E-state index in [1.165, 1.54) is 0 Å². The lowest BCUT2D eigenvalue weighted by atomic mass is 10.1. The maximum Gasteiger partial charge on any atom is 0.224 e. The fourth-order valence-corrected chi connectivity index (χ4v) is 3.12. The minimum atomic E-state index is -0.00887. The summed E-state index contributed by atoms with van der Waals surface area (Å²) in [6.45, 7) is 6.61. The second kappa shape index (κ2) is 8.54. The maximum atomic E-state index is 12.3. The van der Waals surface area contributed by atoms with Crippen LogP contribution in [0.4, 0.5) is 5.69 Å². The van der Waals surface area contributed by atoms with E-state index in [-0.39, 0.29) is 5.91 Å². The van der Waals surface area contributed by atoms with E-state index in [2.05, 4.69) is 10.4 Å². The average Bonchev–Trinajstić information content (AvgIpc) is 2.96. The summed E-state index contributed by atoms with van der Waals surface area (Å²) in [5, 5.41) is 7.58. The molecular formula is C22H25N3O2. The van der Waals surface area contributed by atoms with Crippen molar-refractivity contribution in [3.8, 4) is 11.4 Å². The van der Waals surface area contributed by atoms with Gasteiger partial charge in [-0.3, -0.25) is 4.79 Å². The summed E-state index contributed by atoms with van der Waals surface area (Å²) in [5.74, 6) is 0.792. The van der Waals surface area contributed by atoms with E-state index in [0.29, 0.717) is 19.4 Å². The molecule has 0 atom stereocenters. The Hall–Kier alpha value is -3.08. The zero-order chi connectivity index (χ0) is 19.2. The Balaban J connectivity index is 1.63. The second-order valence-electron chi connectivity index (χ2n) is 6.40. The van der Waals surface area contributed by atoms with Crippen molar-refractivity contribution >= 4 is 11.6 Å². The quantitative estimate of drug-likeness (QED) is 0.674. The third-order valence-electron chi connectivity index (χ3n) is 4.49. The fourth-order valence-electron chi connectivity index (χ4n) is 3.12. The van der Waals surface area contributed by atoms with Crippen LogP contribution in [0.1, 0.15) is 30.3 Å². The van der Waals surface area contributed by atoms with Gasteiger partial charge >= 0.3 is 0 Å². The van der Waals surface area contributed by atoms with Crippen LogP contribution in [0, 0.1) is 13.8 Å². The number of carbonyl (C=O) groups excluding carboxylic acids is 1. The molecule has 1 aromatic heterocycles. The summed E-state index contributed by atoms with van der Waals surface area (Å²) in [4.78, 5) is 12.3. The number of hydrogen-bond donors (Lipinski definition) is 1. The Labute approximate surface area is 160 Å². The molecule has 0 aliphatic carbocycles. The number of rotatable bonds is 7. The third-order valence-corrected chi connectivity index (χ3v) is 4.49. The zero-order valence-electron chi connectivity index (χ0n) is 16.0. The topological polar surface area (TPSA) is 56.1 Å². The number of benzene rings is 2. The summed E-state index contributed by atoms with van der Waals surface area (Å²) < 4.78 is 7.35. The summed E-state index contributed by atoms with van der Waals surface area (Å²) in [6.07, 6.45) is 1.07. The minimum Gasteiger partial charge on any atom is -0.494 e.